The molecular weight excluding hydrogens is 350 g/mol. The van der Waals surface area contributed by atoms with Gasteiger partial charge in [0.2, 0.25) is 5.78 Å². The minimum Gasteiger partial charge on any atom is -0.363 e. The van der Waals surface area contributed by atoms with Crippen molar-refractivity contribution in [2.24, 2.45) is 5.73 Å². The van der Waals surface area contributed by atoms with Crippen LogP contribution in [0.2, 0.25) is 0 Å². The van der Waals surface area contributed by atoms with Crippen LogP contribution in [0.25, 0.3) is 5.82 Å². The molecule has 3 aromatic heterocycles. The largest absolute Gasteiger partial charge is 0.363 e. The smallest absolute Gasteiger partial charge is 0.287 e. The molecule has 0 saturated heterocycles. The molecule has 3 N–H and O–H groups in total. The number of nitrogens with one attached hydrogen (secondary N) is 1. The van der Waals surface area contributed by atoms with Gasteiger partial charge >= 0.3 is 0 Å². The second-order valence-electron chi connectivity index (χ2n) is 5.54. The van der Waals surface area contributed by atoms with Gasteiger partial charge in [-0.1, -0.05) is 6.07 Å². The highest BCUT2D eigenvalue weighted by Crippen LogP contribution is 2.09. The molecule has 2 amide bonds. The Labute approximate surface area is 153 Å². The summed E-state index contributed by atoms with van der Waals surface area (Å²) in [6.07, 6.45) is 8.77. The number of rotatable bonds is 7. The second kappa shape index (κ2) is 7.95. The Hall–Kier alpha value is -3.95. The fraction of sp³-hybridized carbons (Fsp3) is 0.118. The van der Waals surface area contributed by atoms with Crippen LogP contribution in [0.15, 0.2) is 55.6 Å². The Balaban J connectivity index is 1.84. The van der Waals surface area contributed by atoms with Crippen LogP contribution < -0.4 is 11.1 Å². The molecule has 3 heterocycles. The number of carbonyl (C=O) groups excluding carboxylic acids is 3. The Bertz CT molecular complexity index is 957. The molecule has 0 spiro atoms. The van der Waals surface area contributed by atoms with E-state index in [4.69, 9.17) is 5.73 Å². The standard InChI is InChI=1S/C17H15N7O3/c18-16(26)15(25)12(6-11-2-1-4-19-7-11)23-17(27)13-8-21-10-24(13)14-3-5-20-9-22-14/h1-5,7-10,12H,6H2,(H2,18,26)(H,23,27). The number of imidazole rings is 1. The summed E-state index contributed by atoms with van der Waals surface area (Å²) in [7, 11) is 0. The molecule has 0 radical (unpaired) electrons. The molecule has 0 aromatic carbocycles. The molecular formula is C17H15N7O3. The van der Waals surface area contributed by atoms with Crippen LogP contribution in [0.1, 0.15) is 16.1 Å². The van der Waals surface area contributed by atoms with Gasteiger partial charge in [-0.05, 0) is 17.7 Å². The molecule has 0 aliphatic heterocycles. The Morgan fingerprint density at radius 1 is 1.11 bits per heavy atom. The summed E-state index contributed by atoms with van der Waals surface area (Å²) in [6, 6.07) is 3.88. The molecule has 0 aliphatic carbocycles. The van der Waals surface area contributed by atoms with Crippen molar-refractivity contribution in [1.82, 2.24) is 29.8 Å². The van der Waals surface area contributed by atoms with Gasteiger partial charge in [0.25, 0.3) is 11.8 Å². The first-order valence-electron chi connectivity index (χ1n) is 7.88. The maximum Gasteiger partial charge on any atom is 0.287 e. The van der Waals surface area contributed by atoms with Gasteiger partial charge in [-0.15, -0.1) is 0 Å². The highest BCUT2D eigenvalue weighted by Gasteiger charge is 2.27. The number of hydrogen-bond donors (Lipinski definition) is 2. The molecule has 3 rings (SSSR count). The van der Waals surface area contributed by atoms with E-state index < -0.39 is 23.6 Å². The summed E-state index contributed by atoms with van der Waals surface area (Å²) < 4.78 is 1.44. The number of aromatic nitrogens is 5. The van der Waals surface area contributed by atoms with Crippen LogP contribution in [0.3, 0.4) is 0 Å². The van der Waals surface area contributed by atoms with Crippen LogP contribution in [-0.4, -0.2) is 48.1 Å². The van der Waals surface area contributed by atoms with Gasteiger partial charge in [-0.2, -0.15) is 0 Å². The zero-order valence-corrected chi connectivity index (χ0v) is 14.0. The van der Waals surface area contributed by atoms with Crippen LogP contribution in [0.4, 0.5) is 0 Å². The number of hydrogen-bond acceptors (Lipinski definition) is 7. The van der Waals surface area contributed by atoms with Gasteiger partial charge in [0.05, 0.1) is 6.20 Å². The third kappa shape index (κ3) is 4.18. The van der Waals surface area contributed by atoms with Crippen molar-refractivity contribution in [3.05, 3.63) is 66.9 Å². The molecule has 10 heteroatoms. The van der Waals surface area contributed by atoms with Gasteiger partial charge in [0, 0.05) is 25.0 Å². The van der Waals surface area contributed by atoms with Gasteiger partial charge in [-0.25, -0.2) is 15.0 Å². The minimum absolute atomic E-state index is 0.0724. The summed E-state index contributed by atoms with van der Waals surface area (Å²) >= 11 is 0. The van der Waals surface area contributed by atoms with Crippen molar-refractivity contribution < 1.29 is 14.4 Å². The number of carbonyl (C=O) groups is 3. The van der Waals surface area contributed by atoms with E-state index in [1.165, 1.54) is 29.6 Å². The van der Waals surface area contributed by atoms with Gasteiger partial charge in [-0.3, -0.25) is 23.9 Å². The normalized spacial score (nSPS) is 11.6. The zero-order valence-electron chi connectivity index (χ0n) is 14.0. The average molecular weight is 365 g/mol. The SMILES string of the molecule is NC(=O)C(=O)C(Cc1cccnc1)NC(=O)c1cncn1-c1ccncn1. The fourth-order valence-corrected chi connectivity index (χ4v) is 2.44. The van der Waals surface area contributed by atoms with E-state index in [0.717, 1.165) is 0 Å². The average Bonchev–Trinajstić information content (AvgIpc) is 3.18. The lowest BCUT2D eigenvalue weighted by Gasteiger charge is -2.16. The predicted molar refractivity (Wildman–Crippen MR) is 92.6 cm³/mol. The predicted octanol–water partition coefficient (Wildman–Crippen LogP) is -0.547. The van der Waals surface area contributed by atoms with Crippen molar-refractivity contribution in [3.8, 4) is 5.82 Å². The summed E-state index contributed by atoms with van der Waals surface area (Å²) in [5.41, 5.74) is 5.93. The topological polar surface area (TPSA) is 146 Å². The third-order valence-electron chi connectivity index (χ3n) is 3.71. The third-order valence-corrected chi connectivity index (χ3v) is 3.71. The van der Waals surface area contributed by atoms with E-state index in [1.807, 2.05) is 0 Å². The van der Waals surface area contributed by atoms with Crippen molar-refractivity contribution in [1.29, 1.82) is 0 Å². The van der Waals surface area contributed by atoms with E-state index in [2.05, 4.69) is 25.3 Å². The summed E-state index contributed by atoms with van der Waals surface area (Å²) in [5.74, 6) is -2.21. The molecule has 3 aromatic rings. The van der Waals surface area contributed by atoms with Crippen molar-refractivity contribution in [2.45, 2.75) is 12.5 Å². The quantitative estimate of drug-likeness (QED) is 0.534. The first-order chi connectivity index (χ1) is 13.1. The molecule has 0 fully saturated rings. The molecule has 0 saturated carbocycles. The lowest BCUT2D eigenvalue weighted by molar-refractivity contribution is -0.137. The fourth-order valence-electron chi connectivity index (χ4n) is 2.44. The molecule has 1 unspecified atom stereocenters. The second-order valence-corrected chi connectivity index (χ2v) is 5.54. The van der Waals surface area contributed by atoms with Gasteiger partial charge in [0.1, 0.15) is 30.2 Å². The van der Waals surface area contributed by atoms with E-state index >= 15 is 0 Å². The number of nitrogens with two attached hydrogens (primary N) is 1. The maximum absolute atomic E-state index is 12.7. The number of amides is 2. The number of Topliss-reactive ketones (excluding diaryl/α,β-unsaturated/α-hetero) is 1. The first-order valence-corrected chi connectivity index (χ1v) is 7.88. The number of nitrogens with zero attached hydrogens (tertiary/aromatic N) is 5. The van der Waals surface area contributed by atoms with Gasteiger partial charge in [0.15, 0.2) is 0 Å². The number of ketones is 1. The molecule has 0 bridgehead atoms. The van der Waals surface area contributed by atoms with E-state index in [0.29, 0.717) is 11.4 Å². The monoisotopic (exact) mass is 365 g/mol. The molecule has 10 nitrogen and oxygen atoms in total. The van der Waals surface area contributed by atoms with Crippen LogP contribution >= 0.6 is 0 Å². The van der Waals surface area contributed by atoms with Crippen molar-refractivity contribution in [2.75, 3.05) is 0 Å². The lowest BCUT2D eigenvalue weighted by atomic mass is 10.0. The highest BCUT2D eigenvalue weighted by molar-refractivity contribution is 6.38. The molecule has 1 atom stereocenters. The Kier molecular flexibility index (Phi) is 5.26. The first kappa shape index (κ1) is 17.9. The summed E-state index contributed by atoms with van der Waals surface area (Å²) in [4.78, 5) is 52.0. The summed E-state index contributed by atoms with van der Waals surface area (Å²) in [6.45, 7) is 0. The number of pyridine rings is 1. The molecule has 136 valence electrons. The summed E-state index contributed by atoms with van der Waals surface area (Å²) in [5, 5.41) is 2.54. The lowest BCUT2D eigenvalue weighted by Crippen LogP contribution is -2.47. The Morgan fingerprint density at radius 3 is 2.63 bits per heavy atom. The number of primary amides is 1. The minimum atomic E-state index is -1.13. The van der Waals surface area contributed by atoms with Crippen molar-refractivity contribution in [3.63, 3.8) is 0 Å². The molecule has 27 heavy (non-hydrogen) atoms. The zero-order chi connectivity index (χ0) is 19.2. The Morgan fingerprint density at radius 2 is 1.96 bits per heavy atom. The maximum atomic E-state index is 12.7. The molecule has 0 aliphatic rings. The van der Waals surface area contributed by atoms with E-state index in [1.54, 1.807) is 30.6 Å². The van der Waals surface area contributed by atoms with Crippen LogP contribution in [0, 0.1) is 0 Å². The van der Waals surface area contributed by atoms with E-state index in [9.17, 15) is 14.4 Å². The van der Waals surface area contributed by atoms with Gasteiger partial charge < -0.3 is 11.1 Å². The van der Waals surface area contributed by atoms with Crippen LogP contribution in [0.5, 0.6) is 0 Å². The highest BCUT2D eigenvalue weighted by atomic mass is 16.2. The van der Waals surface area contributed by atoms with Crippen molar-refractivity contribution >= 4 is 17.6 Å². The van der Waals surface area contributed by atoms with Crippen LogP contribution in [-0.2, 0) is 16.0 Å². The van der Waals surface area contributed by atoms with E-state index in [-0.39, 0.29) is 12.1 Å².